The zero-order valence-corrected chi connectivity index (χ0v) is 11.2. The van der Waals surface area contributed by atoms with Crippen LogP contribution in [0.4, 0.5) is 0 Å². The van der Waals surface area contributed by atoms with Crippen molar-refractivity contribution in [2.24, 2.45) is 0 Å². The molecule has 0 bridgehead atoms. The number of hydrogen-bond donors (Lipinski definition) is 3. The standard InChI is InChI=1S/C14H12O7/c1-20-9-5-6-3-7(14(19)21-2)4-8(15)11(16)10(6)13(18)12(9)17/h3-5,17-18H,1-2H3,(H,15,16). The lowest BCUT2D eigenvalue weighted by Gasteiger charge is -2.06. The summed E-state index contributed by atoms with van der Waals surface area (Å²) in [4.78, 5) is 23.6. The first-order valence-electron chi connectivity index (χ1n) is 5.79. The molecule has 0 aliphatic rings. The molecule has 0 fully saturated rings. The first kappa shape index (κ1) is 14.4. The number of phenolic OH excluding ortho intramolecular Hbond substituents is 2. The number of benzene rings is 1. The van der Waals surface area contributed by atoms with Gasteiger partial charge in [0, 0.05) is 0 Å². The molecule has 0 radical (unpaired) electrons. The van der Waals surface area contributed by atoms with Crippen LogP contribution in [-0.4, -0.2) is 35.5 Å². The average Bonchev–Trinajstić information content (AvgIpc) is 2.59. The number of hydrogen-bond acceptors (Lipinski definition) is 7. The molecule has 0 aliphatic carbocycles. The predicted octanol–water partition coefficient (Wildman–Crippen LogP) is 1.11. The van der Waals surface area contributed by atoms with Crippen LogP contribution in [0.3, 0.4) is 0 Å². The summed E-state index contributed by atoms with van der Waals surface area (Å²) < 4.78 is 9.41. The van der Waals surface area contributed by atoms with Gasteiger partial charge in [-0.25, -0.2) is 4.79 Å². The summed E-state index contributed by atoms with van der Waals surface area (Å²) in [6.45, 7) is 0. The molecule has 7 nitrogen and oxygen atoms in total. The lowest BCUT2D eigenvalue weighted by molar-refractivity contribution is 0.0600. The fourth-order valence-corrected chi connectivity index (χ4v) is 1.95. The zero-order valence-electron chi connectivity index (χ0n) is 11.2. The molecule has 0 saturated heterocycles. The van der Waals surface area contributed by atoms with Crippen molar-refractivity contribution in [3.63, 3.8) is 0 Å². The maximum Gasteiger partial charge on any atom is 0.338 e. The highest BCUT2D eigenvalue weighted by Crippen LogP contribution is 2.40. The minimum Gasteiger partial charge on any atom is -0.504 e. The smallest absolute Gasteiger partial charge is 0.338 e. The first-order valence-corrected chi connectivity index (χ1v) is 5.79. The van der Waals surface area contributed by atoms with E-state index in [2.05, 4.69) is 4.74 Å². The van der Waals surface area contributed by atoms with Crippen LogP contribution < -0.4 is 10.2 Å². The van der Waals surface area contributed by atoms with E-state index < -0.39 is 28.6 Å². The van der Waals surface area contributed by atoms with Gasteiger partial charge in [-0.05, 0) is 23.6 Å². The van der Waals surface area contributed by atoms with Crippen molar-refractivity contribution >= 4 is 16.7 Å². The summed E-state index contributed by atoms with van der Waals surface area (Å²) in [7, 11) is 2.41. The van der Waals surface area contributed by atoms with Crippen molar-refractivity contribution in [2.75, 3.05) is 14.2 Å². The monoisotopic (exact) mass is 292 g/mol. The third kappa shape index (κ3) is 2.29. The van der Waals surface area contributed by atoms with Gasteiger partial charge in [0.15, 0.2) is 17.2 Å². The Bertz CT molecular complexity index is 796. The molecule has 0 unspecified atom stereocenters. The Labute approximate surface area is 118 Å². The van der Waals surface area contributed by atoms with Crippen LogP contribution in [0.1, 0.15) is 10.4 Å². The van der Waals surface area contributed by atoms with Gasteiger partial charge in [0.25, 0.3) is 0 Å². The predicted molar refractivity (Wildman–Crippen MR) is 73.1 cm³/mol. The van der Waals surface area contributed by atoms with Gasteiger partial charge in [-0.1, -0.05) is 0 Å². The highest BCUT2D eigenvalue weighted by molar-refractivity contribution is 5.98. The maximum absolute atomic E-state index is 12.1. The number of aromatic hydroxyl groups is 3. The second-order valence-electron chi connectivity index (χ2n) is 4.19. The van der Waals surface area contributed by atoms with Crippen molar-refractivity contribution < 1.29 is 29.6 Å². The first-order chi connectivity index (χ1) is 9.90. The molecule has 2 aromatic carbocycles. The minimum absolute atomic E-state index is 0.0825. The molecular formula is C14H12O7. The quantitative estimate of drug-likeness (QED) is 0.561. The minimum atomic E-state index is -0.935. The molecule has 0 aliphatic heterocycles. The van der Waals surface area contributed by atoms with E-state index in [1.807, 2.05) is 0 Å². The number of fused-ring (bicyclic) bond motifs is 1. The van der Waals surface area contributed by atoms with E-state index in [0.29, 0.717) is 0 Å². The van der Waals surface area contributed by atoms with Crippen LogP contribution >= 0.6 is 0 Å². The molecule has 0 saturated carbocycles. The lowest BCUT2D eigenvalue weighted by atomic mass is 10.1. The SMILES string of the molecule is COC(=O)c1cc(O)c(=O)c2c(O)c(O)c(OC)cc2c1. The fourth-order valence-electron chi connectivity index (χ4n) is 1.95. The summed E-state index contributed by atoms with van der Waals surface area (Å²) in [5, 5.41) is 29.1. The number of methoxy groups -OCH3 is 2. The Morgan fingerprint density at radius 1 is 1.05 bits per heavy atom. The number of esters is 1. The van der Waals surface area contributed by atoms with E-state index in [-0.39, 0.29) is 22.1 Å². The van der Waals surface area contributed by atoms with Gasteiger partial charge >= 0.3 is 5.97 Å². The van der Waals surface area contributed by atoms with E-state index in [4.69, 9.17) is 4.74 Å². The van der Waals surface area contributed by atoms with Crippen molar-refractivity contribution in [3.8, 4) is 23.0 Å². The summed E-state index contributed by atoms with van der Waals surface area (Å²) in [6.07, 6.45) is 0. The molecule has 0 amide bonds. The van der Waals surface area contributed by atoms with Crippen LogP contribution in [0, 0.1) is 0 Å². The summed E-state index contributed by atoms with van der Waals surface area (Å²) in [5.41, 5.74) is -1.02. The summed E-state index contributed by atoms with van der Waals surface area (Å²) in [6, 6.07) is 3.43. The number of phenols is 2. The largest absolute Gasteiger partial charge is 0.504 e. The Kier molecular flexibility index (Phi) is 3.58. The molecule has 3 N–H and O–H groups in total. The lowest BCUT2D eigenvalue weighted by Crippen LogP contribution is -2.00. The van der Waals surface area contributed by atoms with E-state index in [1.54, 1.807) is 0 Å². The van der Waals surface area contributed by atoms with Gasteiger partial charge in [-0.2, -0.15) is 0 Å². The molecule has 7 heteroatoms. The van der Waals surface area contributed by atoms with E-state index in [0.717, 1.165) is 13.2 Å². The Morgan fingerprint density at radius 2 is 1.71 bits per heavy atom. The van der Waals surface area contributed by atoms with Crippen molar-refractivity contribution in [3.05, 3.63) is 34.0 Å². The Hall–Kier alpha value is -2.96. The number of rotatable bonds is 2. The number of ether oxygens (including phenoxy) is 2. The fraction of sp³-hybridized carbons (Fsp3) is 0.143. The van der Waals surface area contributed by atoms with Crippen LogP contribution in [0.5, 0.6) is 23.0 Å². The second kappa shape index (κ2) is 5.20. The topological polar surface area (TPSA) is 113 Å². The Balaban J connectivity index is 3.03. The van der Waals surface area contributed by atoms with E-state index in [1.165, 1.54) is 19.2 Å². The summed E-state index contributed by atoms with van der Waals surface area (Å²) >= 11 is 0. The number of carbonyl (C=O) groups is 1. The van der Waals surface area contributed by atoms with Crippen LogP contribution in [0.2, 0.25) is 0 Å². The molecule has 2 rings (SSSR count). The van der Waals surface area contributed by atoms with Gasteiger partial charge in [0.2, 0.25) is 11.2 Å². The van der Waals surface area contributed by atoms with Gasteiger partial charge in [0.1, 0.15) is 0 Å². The zero-order chi connectivity index (χ0) is 15.7. The number of carbonyl (C=O) groups excluding carboxylic acids is 1. The molecule has 21 heavy (non-hydrogen) atoms. The summed E-state index contributed by atoms with van der Waals surface area (Å²) in [5.74, 6) is -2.98. The second-order valence-corrected chi connectivity index (χ2v) is 4.19. The third-order valence-corrected chi connectivity index (χ3v) is 2.97. The van der Waals surface area contributed by atoms with Crippen molar-refractivity contribution in [1.29, 1.82) is 0 Å². The highest BCUT2D eigenvalue weighted by atomic mass is 16.5. The van der Waals surface area contributed by atoms with Gasteiger partial charge < -0.3 is 24.8 Å². The van der Waals surface area contributed by atoms with Crippen molar-refractivity contribution in [2.45, 2.75) is 0 Å². The van der Waals surface area contributed by atoms with Gasteiger partial charge in [0.05, 0.1) is 25.2 Å². The van der Waals surface area contributed by atoms with Crippen LogP contribution in [0.25, 0.3) is 10.8 Å². The molecule has 0 atom stereocenters. The van der Waals surface area contributed by atoms with E-state index in [9.17, 15) is 24.9 Å². The molecule has 2 aromatic rings. The maximum atomic E-state index is 12.1. The van der Waals surface area contributed by atoms with Gasteiger partial charge in [-0.3, -0.25) is 4.79 Å². The molecule has 0 aromatic heterocycles. The molecule has 0 spiro atoms. The average molecular weight is 292 g/mol. The van der Waals surface area contributed by atoms with Crippen LogP contribution in [0.15, 0.2) is 23.0 Å². The molecule has 110 valence electrons. The Morgan fingerprint density at radius 3 is 2.29 bits per heavy atom. The van der Waals surface area contributed by atoms with E-state index >= 15 is 0 Å². The van der Waals surface area contributed by atoms with Crippen molar-refractivity contribution in [1.82, 2.24) is 0 Å². The van der Waals surface area contributed by atoms with Crippen LogP contribution in [-0.2, 0) is 4.74 Å². The third-order valence-electron chi connectivity index (χ3n) is 2.97. The van der Waals surface area contributed by atoms with Gasteiger partial charge in [-0.15, -0.1) is 0 Å². The normalized spacial score (nSPS) is 10.4. The molecular weight excluding hydrogens is 280 g/mol. The molecule has 0 heterocycles. The highest BCUT2D eigenvalue weighted by Gasteiger charge is 2.18.